The fraction of sp³-hybridized carbons (Fsp3) is 0.778. The van der Waals surface area contributed by atoms with Crippen LogP contribution >= 0.6 is 0 Å². The van der Waals surface area contributed by atoms with Crippen LogP contribution in [0.3, 0.4) is 0 Å². The number of aliphatic hydroxyl groups is 1. The number of hydrogen-bond acceptors (Lipinski definition) is 1. The van der Waals surface area contributed by atoms with Gasteiger partial charge in [0.05, 0.1) is 6.10 Å². The summed E-state index contributed by atoms with van der Waals surface area (Å²) in [5.74, 6) is 0. The van der Waals surface area contributed by atoms with Crippen molar-refractivity contribution in [2.24, 2.45) is 5.41 Å². The van der Waals surface area contributed by atoms with Gasteiger partial charge in [0.1, 0.15) is 0 Å². The Hall–Kier alpha value is -0.300. The summed E-state index contributed by atoms with van der Waals surface area (Å²) in [5, 5.41) is 9.34. The van der Waals surface area contributed by atoms with E-state index in [1.807, 2.05) is 13.8 Å². The summed E-state index contributed by atoms with van der Waals surface area (Å²) in [5.41, 5.74) is 0.270. The number of aliphatic hydroxyl groups excluding tert-OH is 1. The van der Waals surface area contributed by atoms with Crippen molar-refractivity contribution < 1.29 is 5.11 Å². The molecule has 0 spiro atoms. The molecule has 1 atom stereocenters. The van der Waals surface area contributed by atoms with Gasteiger partial charge in [-0.15, -0.1) is 0 Å². The van der Waals surface area contributed by atoms with Gasteiger partial charge in [-0.3, -0.25) is 0 Å². The van der Waals surface area contributed by atoms with Crippen LogP contribution in [-0.4, -0.2) is 11.2 Å². The Morgan fingerprint density at radius 3 is 2.50 bits per heavy atom. The molecule has 0 aromatic rings. The van der Waals surface area contributed by atoms with Crippen molar-refractivity contribution in [3.05, 3.63) is 12.2 Å². The average molecular weight is 140 g/mol. The lowest BCUT2D eigenvalue weighted by atomic mass is 9.96. The van der Waals surface area contributed by atoms with Gasteiger partial charge in [-0.2, -0.15) is 0 Å². The van der Waals surface area contributed by atoms with E-state index >= 15 is 0 Å². The van der Waals surface area contributed by atoms with E-state index in [9.17, 15) is 5.11 Å². The molecule has 0 aromatic carbocycles. The van der Waals surface area contributed by atoms with Crippen LogP contribution in [0.1, 0.15) is 33.1 Å². The van der Waals surface area contributed by atoms with Gasteiger partial charge in [0.15, 0.2) is 0 Å². The van der Waals surface area contributed by atoms with E-state index in [-0.39, 0.29) is 11.5 Å². The molecule has 58 valence electrons. The van der Waals surface area contributed by atoms with Crippen LogP contribution in [0.2, 0.25) is 0 Å². The molecule has 0 amide bonds. The molecule has 0 radical (unpaired) electrons. The summed E-state index contributed by atoms with van der Waals surface area (Å²) < 4.78 is 0. The molecule has 0 aromatic heterocycles. The number of hydrogen-bond donors (Lipinski definition) is 1. The molecule has 1 aliphatic rings. The van der Waals surface area contributed by atoms with Crippen LogP contribution < -0.4 is 0 Å². The first-order valence-corrected chi connectivity index (χ1v) is 4.00. The number of rotatable bonds is 3. The van der Waals surface area contributed by atoms with Gasteiger partial charge in [0.2, 0.25) is 0 Å². The minimum atomic E-state index is -0.122. The lowest BCUT2D eigenvalue weighted by Crippen LogP contribution is -2.16. The van der Waals surface area contributed by atoms with Crippen molar-refractivity contribution in [2.75, 3.05) is 0 Å². The Balaban J connectivity index is 2.37. The van der Waals surface area contributed by atoms with Crippen molar-refractivity contribution in [1.82, 2.24) is 0 Å². The third-order valence-corrected chi connectivity index (χ3v) is 2.54. The maximum atomic E-state index is 9.34. The van der Waals surface area contributed by atoms with Gasteiger partial charge in [-0.05, 0) is 38.5 Å². The lowest BCUT2D eigenvalue weighted by molar-refractivity contribution is 0.112. The summed E-state index contributed by atoms with van der Waals surface area (Å²) in [7, 11) is 0. The SMILES string of the molecule is C/C=C/CC1(C(C)O)CC1. The fourth-order valence-electron chi connectivity index (χ4n) is 1.31. The summed E-state index contributed by atoms with van der Waals surface area (Å²) >= 11 is 0. The van der Waals surface area contributed by atoms with Crippen molar-refractivity contribution in [3.63, 3.8) is 0 Å². The summed E-state index contributed by atoms with van der Waals surface area (Å²) in [4.78, 5) is 0. The molecule has 1 N–H and O–H groups in total. The lowest BCUT2D eigenvalue weighted by Gasteiger charge is -2.15. The molecule has 0 saturated heterocycles. The molecule has 0 heterocycles. The summed E-state index contributed by atoms with van der Waals surface area (Å²) in [6.45, 7) is 3.93. The quantitative estimate of drug-likeness (QED) is 0.595. The molecule has 1 rings (SSSR count). The zero-order chi connectivity index (χ0) is 7.61. The van der Waals surface area contributed by atoms with Crippen LogP contribution in [0.4, 0.5) is 0 Å². The Labute approximate surface area is 62.8 Å². The van der Waals surface area contributed by atoms with E-state index in [4.69, 9.17) is 0 Å². The van der Waals surface area contributed by atoms with E-state index in [0.717, 1.165) is 6.42 Å². The van der Waals surface area contributed by atoms with Gasteiger partial charge in [-0.1, -0.05) is 12.2 Å². The second-order valence-electron chi connectivity index (χ2n) is 3.31. The molecule has 1 saturated carbocycles. The zero-order valence-electron chi connectivity index (χ0n) is 6.80. The Kier molecular flexibility index (Phi) is 2.14. The van der Waals surface area contributed by atoms with E-state index in [2.05, 4.69) is 12.2 Å². The third kappa shape index (κ3) is 1.40. The first-order valence-electron chi connectivity index (χ1n) is 4.00. The number of allylic oxidation sites excluding steroid dienone is 2. The van der Waals surface area contributed by atoms with Crippen LogP contribution in [0, 0.1) is 5.41 Å². The van der Waals surface area contributed by atoms with Gasteiger partial charge in [-0.25, -0.2) is 0 Å². The maximum Gasteiger partial charge on any atom is 0.0571 e. The highest BCUT2D eigenvalue weighted by Crippen LogP contribution is 2.51. The molecule has 1 heteroatoms. The average Bonchev–Trinajstić information content (AvgIpc) is 2.64. The Bertz CT molecular complexity index is 132. The van der Waals surface area contributed by atoms with E-state index in [1.54, 1.807) is 0 Å². The predicted molar refractivity (Wildman–Crippen MR) is 42.8 cm³/mol. The molecule has 1 aliphatic carbocycles. The summed E-state index contributed by atoms with van der Waals surface area (Å²) in [6, 6.07) is 0. The Morgan fingerprint density at radius 1 is 1.60 bits per heavy atom. The van der Waals surface area contributed by atoms with Crippen LogP contribution in [-0.2, 0) is 0 Å². The molecule has 0 bridgehead atoms. The van der Waals surface area contributed by atoms with Gasteiger partial charge in [0, 0.05) is 0 Å². The largest absolute Gasteiger partial charge is 0.393 e. The summed E-state index contributed by atoms with van der Waals surface area (Å²) in [6.07, 6.45) is 7.55. The third-order valence-electron chi connectivity index (χ3n) is 2.54. The molecule has 1 fully saturated rings. The van der Waals surface area contributed by atoms with Crippen LogP contribution in [0.25, 0.3) is 0 Å². The highest BCUT2D eigenvalue weighted by Gasteiger charge is 2.45. The second kappa shape index (κ2) is 2.75. The van der Waals surface area contributed by atoms with Crippen molar-refractivity contribution in [1.29, 1.82) is 0 Å². The maximum absolute atomic E-state index is 9.34. The van der Waals surface area contributed by atoms with Crippen molar-refractivity contribution >= 4 is 0 Å². The highest BCUT2D eigenvalue weighted by molar-refractivity contribution is 5.02. The molecule has 0 aliphatic heterocycles. The fourth-order valence-corrected chi connectivity index (χ4v) is 1.31. The predicted octanol–water partition coefficient (Wildman–Crippen LogP) is 2.11. The second-order valence-corrected chi connectivity index (χ2v) is 3.31. The van der Waals surface area contributed by atoms with Gasteiger partial charge in [0.25, 0.3) is 0 Å². The van der Waals surface area contributed by atoms with E-state index in [0.29, 0.717) is 0 Å². The normalized spacial score (nSPS) is 25.1. The van der Waals surface area contributed by atoms with Crippen molar-refractivity contribution in [3.8, 4) is 0 Å². The van der Waals surface area contributed by atoms with Gasteiger partial charge < -0.3 is 5.11 Å². The smallest absolute Gasteiger partial charge is 0.0571 e. The van der Waals surface area contributed by atoms with Gasteiger partial charge >= 0.3 is 0 Å². The minimum absolute atomic E-state index is 0.122. The molecule has 1 unspecified atom stereocenters. The molecular weight excluding hydrogens is 124 g/mol. The zero-order valence-corrected chi connectivity index (χ0v) is 6.80. The highest BCUT2D eigenvalue weighted by atomic mass is 16.3. The monoisotopic (exact) mass is 140 g/mol. The van der Waals surface area contributed by atoms with E-state index in [1.165, 1.54) is 12.8 Å². The molecule has 1 nitrogen and oxygen atoms in total. The topological polar surface area (TPSA) is 20.2 Å². The Morgan fingerprint density at radius 2 is 2.20 bits per heavy atom. The van der Waals surface area contributed by atoms with E-state index < -0.39 is 0 Å². The minimum Gasteiger partial charge on any atom is -0.393 e. The standard InChI is InChI=1S/C9H16O/c1-3-4-5-9(6-7-9)8(2)10/h3-4,8,10H,5-7H2,1-2H3/b4-3+. The van der Waals surface area contributed by atoms with Crippen molar-refractivity contribution in [2.45, 2.75) is 39.2 Å². The first-order chi connectivity index (χ1) is 4.71. The van der Waals surface area contributed by atoms with Crippen LogP contribution in [0.5, 0.6) is 0 Å². The molecule has 10 heavy (non-hydrogen) atoms. The van der Waals surface area contributed by atoms with Crippen LogP contribution in [0.15, 0.2) is 12.2 Å². The first kappa shape index (κ1) is 7.80. The molecular formula is C9H16O.